The highest BCUT2D eigenvalue weighted by Crippen LogP contribution is 2.35. The van der Waals surface area contributed by atoms with Gasteiger partial charge in [-0.25, -0.2) is 13.1 Å². The third-order valence-electron chi connectivity index (χ3n) is 4.68. The third-order valence-corrected chi connectivity index (χ3v) is 6.03. The molecule has 3 rings (SSSR count). The number of nitrogens with zero attached hydrogens (tertiary/aromatic N) is 4. The molecule has 0 spiro atoms. The molecule has 0 saturated heterocycles. The molecule has 1 aliphatic rings. The summed E-state index contributed by atoms with van der Waals surface area (Å²) < 4.78 is 24.5. The molecule has 26 heavy (non-hydrogen) atoms. The molecule has 0 N–H and O–H groups in total. The van der Waals surface area contributed by atoms with Gasteiger partial charge in [-0.2, -0.15) is 5.10 Å². The van der Waals surface area contributed by atoms with Crippen molar-refractivity contribution in [2.24, 2.45) is 11.8 Å². The molecule has 1 fully saturated rings. The largest absolute Gasteiger partial charge is 0.311 e. The number of hydrogen-bond donors (Lipinski definition) is 0. The van der Waals surface area contributed by atoms with E-state index >= 15 is 0 Å². The minimum atomic E-state index is -3.03. The number of carbonyl (C=O) groups excluding carboxylic acids is 1. The van der Waals surface area contributed by atoms with Crippen LogP contribution in [0.4, 0.5) is 5.69 Å². The van der Waals surface area contributed by atoms with Crippen molar-refractivity contribution in [1.82, 2.24) is 14.8 Å². The minimum Gasteiger partial charge on any atom is -0.311 e. The summed E-state index contributed by atoms with van der Waals surface area (Å²) >= 11 is 6.23. The van der Waals surface area contributed by atoms with Crippen molar-refractivity contribution < 1.29 is 13.2 Å². The van der Waals surface area contributed by atoms with Crippen LogP contribution in [0.2, 0.25) is 5.15 Å². The highest BCUT2D eigenvalue weighted by atomic mass is 35.5. The second kappa shape index (κ2) is 7.36. The summed E-state index contributed by atoms with van der Waals surface area (Å²) in [6, 6.07) is 3.63. The number of pyridine rings is 1. The van der Waals surface area contributed by atoms with E-state index in [4.69, 9.17) is 11.6 Å². The fourth-order valence-corrected chi connectivity index (χ4v) is 4.88. The van der Waals surface area contributed by atoms with E-state index in [0.717, 1.165) is 12.1 Å². The fraction of sp³-hybridized carbons (Fsp3) is 0.471. The molecule has 7 nitrogen and oxygen atoms in total. The number of amides is 1. The Morgan fingerprint density at radius 3 is 2.85 bits per heavy atom. The Bertz CT molecular complexity index is 898. The zero-order chi connectivity index (χ0) is 18.9. The second-order valence-electron chi connectivity index (χ2n) is 6.83. The first-order valence-electron chi connectivity index (χ1n) is 8.35. The summed E-state index contributed by atoms with van der Waals surface area (Å²) in [7, 11) is -1.36. The topological polar surface area (TPSA) is 85.2 Å². The van der Waals surface area contributed by atoms with Gasteiger partial charge in [0.15, 0.2) is 5.15 Å². The van der Waals surface area contributed by atoms with Crippen LogP contribution in [0.1, 0.15) is 19.3 Å². The Morgan fingerprint density at radius 2 is 2.19 bits per heavy atom. The van der Waals surface area contributed by atoms with Gasteiger partial charge in [0.05, 0.1) is 23.8 Å². The number of halogens is 1. The van der Waals surface area contributed by atoms with Crippen LogP contribution in [0.15, 0.2) is 30.7 Å². The molecule has 0 aliphatic heterocycles. The molecule has 0 bridgehead atoms. The fourth-order valence-electron chi connectivity index (χ4n) is 3.46. The zero-order valence-corrected chi connectivity index (χ0v) is 16.2. The van der Waals surface area contributed by atoms with Crippen LogP contribution in [0, 0.1) is 11.8 Å². The lowest BCUT2D eigenvalue weighted by Gasteiger charge is -2.20. The van der Waals surface area contributed by atoms with E-state index in [1.54, 1.807) is 36.4 Å². The lowest BCUT2D eigenvalue weighted by atomic mass is 10.0. The average molecular weight is 397 g/mol. The van der Waals surface area contributed by atoms with Crippen LogP contribution in [-0.4, -0.2) is 48.1 Å². The van der Waals surface area contributed by atoms with Gasteiger partial charge in [0.1, 0.15) is 15.5 Å². The van der Waals surface area contributed by atoms with E-state index in [1.165, 1.54) is 11.2 Å². The van der Waals surface area contributed by atoms with Crippen LogP contribution >= 0.6 is 11.6 Å². The summed E-state index contributed by atoms with van der Waals surface area (Å²) in [5, 5.41) is 4.48. The molecular formula is C17H21ClN4O3S. The summed E-state index contributed by atoms with van der Waals surface area (Å²) in [6.45, 7) is 0. The molecule has 2 aromatic heterocycles. The lowest BCUT2D eigenvalue weighted by molar-refractivity contribution is -0.122. The molecule has 0 radical (unpaired) electrons. The van der Waals surface area contributed by atoms with Crippen LogP contribution in [-0.2, 0) is 14.6 Å². The summed E-state index contributed by atoms with van der Waals surface area (Å²) in [5.74, 6) is -0.0701. The number of sulfone groups is 1. The molecule has 140 valence electrons. The molecule has 1 aliphatic carbocycles. The monoisotopic (exact) mass is 396 g/mol. The number of carbonyl (C=O) groups is 1. The van der Waals surface area contributed by atoms with Crippen molar-refractivity contribution >= 4 is 33.0 Å². The van der Waals surface area contributed by atoms with E-state index in [0.29, 0.717) is 18.5 Å². The Kier molecular flexibility index (Phi) is 5.34. The van der Waals surface area contributed by atoms with E-state index in [1.807, 2.05) is 6.07 Å². The summed E-state index contributed by atoms with van der Waals surface area (Å²) in [4.78, 5) is 18.4. The van der Waals surface area contributed by atoms with E-state index in [-0.39, 0.29) is 28.6 Å². The molecule has 2 atom stereocenters. The normalized spacial score (nSPS) is 20.3. The van der Waals surface area contributed by atoms with E-state index in [2.05, 4.69) is 10.1 Å². The van der Waals surface area contributed by atoms with Crippen molar-refractivity contribution in [2.45, 2.75) is 19.3 Å². The smallest absolute Gasteiger partial charge is 0.229 e. The van der Waals surface area contributed by atoms with Crippen molar-refractivity contribution in [1.29, 1.82) is 0 Å². The number of aromatic nitrogens is 3. The van der Waals surface area contributed by atoms with Crippen molar-refractivity contribution in [3.63, 3.8) is 0 Å². The van der Waals surface area contributed by atoms with Crippen LogP contribution in [0.5, 0.6) is 0 Å². The standard InChI is InChI=1S/C17H21ClN4O3S/c1-21(17(23)13-6-5-12(8-13)11-26(2,24)25)15-10-22(20-16(15)18)14-4-3-7-19-9-14/h3-4,7,9-10,12-13H,5-6,8,11H2,1-2H3/t12-,13+/m1/s1. The number of hydrogen-bond acceptors (Lipinski definition) is 5. The van der Waals surface area contributed by atoms with Gasteiger partial charge in [-0.15, -0.1) is 0 Å². The van der Waals surface area contributed by atoms with Gasteiger partial charge in [0.25, 0.3) is 0 Å². The minimum absolute atomic E-state index is 0.0425. The zero-order valence-electron chi connectivity index (χ0n) is 14.7. The molecule has 1 amide bonds. The van der Waals surface area contributed by atoms with Crippen LogP contribution in [0.25, 0.3) is 5.69 Å². The molecule has 9 heteroatoms. The Morgan fingerprint density at radius 1 is 1.42 bits per heavy atom. The van der Waals surface area contributed by atoms with E-state index < -0.39 is 9.84 Å². The van der Waals surface area contributed by atoms with Gasteiger partial charge in [-0.05, 0) is 37.3 Å². The van der Waals surface area contributed by atoms with Gasteiger partial charge in [0.2, 0.25) is 5.91 Å². The predicted molar refractivity (Wildman–Crippen MR) is 100 cm³/mol. The molecule has 2 aromatic rings. The predicted octanol–water partition coefficient (Wildman–Crippen LogP) is 2.34. The maximum Gasteiger partial charge on any atom is 0.229 e. The Hall–Kier alpha value is -1.93. The van der Waals surface area contributed by atoms with Crippen LogP contribution in [0.3, 0.4) is 0 Å². The highest BCUT2D eigenvalue weighted by molar-refractivity contribution is 7.90. The second-order valence-corrected chi connectivity index (χ2v) is 9.37. The number of anilines is 1. The van der Waals surface area contributed by atoms with Crippen molar-refractivity contribution in [3.05, 3.63) is 35.9 Å². The summed E-state index contributed by atoms with van der Waals surface area (Å²) in [5.41, 5.74) is 1.27. The van der Waals surface area contributed by atoms with Crippen molar-refractivity contribution in [2.75, 3.05) is 24.0 Å². The Labute approximate surface area is 157 Å². The third kappa shape index (κ3) is 4.24. The summed E-state index contributed by atoms with van der Waals surface area (Å²) in [6.07, 6.45) is 8.28. The quantitative estimate of drug-likeness (QED) is 0.774. The van der Waals surface area contributed by atoms with Gasteiger partial charge in [-0.1, -0.05) is 11.6 Å². The van der Waals surface area contributed by atoms with Gasteiger partial charge in [-0.3, -0.25) is 9.78 Å². The maximum atomic E-state index is 12.8. The van der Waals surface area contributed by atoms with Gasteiger partial charge < -0.3 is 4.90 Å². The van der Waals surface area contributed by atoms with Gasteiger partial charge >= 0.3 is 0 Å². The Balaban J connectivity index is 1.72. The van der Waals surface area contributed by atoms with E-state index in [9.17, 15) is 13.2 Å². The lowest BCUT2D eigenvalue weighted by Crippen LogP contribution is -2.32. The van der Waals surface area contributed by atoms with Crippen LogP contribution < -0.4 is 4.90 Å². The molecule has 1 saturated carbocycles. The molecule has 2 heterocycles. The highest BCUT2D eigenvalue weighted by Gasteiger charge is 2.34. The SMILES string of the molecule is CN(C(=O)[C@H]1CC[C@@H](CS(C)(=O)=O)C1)c1cn(-c2cccnc2)nc1Cl. The van der Waals surface area contributed by atoms with Gasteiger partial charge in [0, 0.05) is 25.4 Å². The first kappa shape index (κ1) is 18.8. The molecule has 0 unspecified atom stereocenters. The first-order valence-corrected chi connectivity index (χ1v) is 10.8. The molecule has 0 aromatic carbocycles. The maximum absolute atomic E-state index is 12.8. The number of rotatable bonds is 5. The first-order chi connectivity index (χ1) is 12.2. The van der Waals surface area contributed by atoms with Crippen molar-refractivity contribution in [3.8, 4) is 5.69 Å². The average Bonchev–Trinajstić information content (AvgIpc) is 3.19. The molecular weight excluding hydrogens is 376 g/mol.